The average molecular weight is 285 g/mol. The van der Waals surface area contributed by atoms with Gasteiger partial charge in [0.05, 0.1) is 12.2 Å². The molecule has 2 nitrogen and oxygen atoms in total. The molecule has 1 aliphatic carbocycles. The summed E-state index contributed by atoms with van der Waals surface area (Å²) in [4.78, 5) is 0. The third-order valence-electron chi connectivity index (χ3n) is 5.31. The molecule has 1 N–H and O–H groups in total. The van der Waals surface area contributed by atoms with Crippen molar-refractivity contribution in [3.8, 4) is 0 Å². The van der Waals surface area contributed by atoms with Crippen LogP contribution in [0.2, 0.25) is 18.1 Å². The number of hydrogen-bond acceptors (Lipinski definition) is 2. The molecule has 0 aromatic rings. The lowest BCUT2D eigenvalue weighted by atomic mass is 9.68. The van der Waals surface area contributed by atoms with Gasteiger partial charge in [0.15, 0.2) is 8.32 Å². The molecule has 1 fully saturated rings. The topological polar surface area (TPSA) is 29.5 Å². The van der Waals surface area contributed by atoms with Crippen LogP contribution in [0.5, 0.6) is 0 Å². The molecule has 0 saturated heterocycles. The molecule has 0 aliphatic heterocycles. The third kappa shape index (κ3) is 3.31. The summed E-state index contributed by atoms with van der Waals surface area (Å²) in [5.41, 5.74) is -0.202. The van der Waals surface area contributed by atoms with Crippen LogP contribution in [0.1, 0.15) is 47.5 Å². The van der Waals surface area contributed by atoms with Crippen LogP contribution in [-0.2, 0) is 4.43 Å². The molecule has 19 heavy (non-hydrogen) atoms. The van der Waals surface area contributed by atoms with E-state index >= 15 is 0 Å². The largest absolute Gasteiger partial charge is 0.413 e. The molecule has 0 radical (unpaired) electrons. The van der Waals surface area contributed by atoms with Crippen LogP contribution in [0, 0.1) is 11.3 Å². The minimum atomic E-state index is -1.78. The van der Waals surface area contributed by atoms with Crippen molar-refractivity contribution >= 4 is 8.32 Å². The van der Waals surface area contributed by atoms with Gasteiger partial charge in [0.25, 0.3) is 0 Å². The first kappa shape index (κ1) is 16.9. The minimum Gasteiger partial charge on any atom is -0.413 e. The molecule has 1 aliphatic rings. The van der Waals surface area contributed by atoms with Gasteiger partial charge < -0.3 is 9.53 Å². The highest BCUT2D eigenvalue weighted by atomic mass is 28.4. The second kappa shape index (κ2) is 5.34. The molecule has 0 aromatic heterocycles. The van der Waals surface area contributed by atoms with E-state index in [0.29, 0.717) is 0 Å². The SMILES string of the molecule is C=C[C@@H]1CC[C@H](O[Si](C)(C)C(C)(C)C)C(C)(C)[C@H]1O. The smallest absolute Gasteiger partial charge is 0.192 e. The highest BCUT2D eigenvalue weighted by molar-refractivity contribution is 6.74. The molecular formula is C16H32O2Si. The third-order valence-corrected chi connectivity index (χ3v) is 9.79. The van der Waals surface area contributed by atoms with Crippen molar-refractivity contribution in [3.63, 3.8) is 0 Å². The van der Waals surface area contributed by atoms with Crippen LogP contribution in [-0.4, -0.2) is 25.6 Å². The molecular weight excluding hydrogens is 252 g/mol. The number of aliphatic hydroxyl groups is 1. The van der Waals surface area contributed by atoms with Gasteiger partial charge in [0, 0.05) is 11.3 Å². The fraction of sp³-hybridized carbons (Fsp3) is 0.875. The van der Waals surface area contributed by atoms with Crippen molar-refractivity contribution < 1.29 is 9.53 Å². The maximum absolute atomic E-state index is 10.5. The number of hydrogen-bond donors (Lipinski definition) is 1. The Labute approximate surface area is 120 Å². The lowest BCUT2D eigenvalue weighted by Gasteiger charge is -2.50. The summed E-state index contributed by atoms with van der Waals surface area (Å²) in [6.45, 7) is 19.5. The molecule has 0 bridgehead atoms. The highest BCUT2D eigenvalue weighted by Gasteiger charge is 2.48. The fourth-order valence-electron chi connectivity index (χ4n) is 2.61. The zero-order valence-electron chi connectivity index (χ0n) is 13.8. The first-order chi connectivity index (χ1) is 8.43. The van der Waals surface area contributed by atoms with Gasteiger partial charge in [-0.3, -0.25) is 0 Å². The normalized spacial score (nSPS) is 32.1. The van der Waals surface area contributed by atoms with Gasteiger partial charge in [0.2, 0.25) is 0 Å². The molecule has 0 aromatic carbocycles. The van der Waals surface area contributed by atoms with Crippen molar-refractivity contribution in [3.05, 3.63) is 12.7 Å². The quantitative estimate of drug-likeness (QED) is 0.616. The molecule has 0 amide bonds. The lowest BCUT2D eigenvalue weighted by molar-refractivity contribution is -0.0915. The first-order valence-electron chi connectivity index (χ1n) is 7.42. The minimum absolute atomic E-state index is 0.152. The van der Waals surface area contributed by atoms with Gasteiger partial charge in [0.1, 0.15) is 0 Å². The summed E-state index contributed by atoms with van der Waals surface area (Å²) in [5, 5.41) is 10.7. The molecule has 3 atom stereocenters. The van der Waals surface area contributed by atoms with E-state index in [0.717, 1.165) is 12.8 Å². The van der Waals surface area contributed by atoms with Crippen molar-refractivity contribution in [1.82, 2.24) is 0 Å². The van der Waals surface area contributed by atoms with Crippen molar-refractivity contribution in [2.75, 3.05) is 0 Å². The summed E-state index contributed by atoms with van der Waals surface area (Å²) in [6, 6.07) is 0. The predicted octanol–water partition coefficient (Wildman–Crippen LogP) is 4.36. The van der Waals surface area contributed by atoms with Gasteiger partial charge in [-0.15, -0.1) is 6.58 Å². The highest BCUT2D eigenvalue weighted by Crippen LogP contribution is 2.45. The average Bonchev–Trinajstić information content (AvgIpc) is 2.24. The van der Waals surface area contributed by atoms with Gasteiger partial charge >= 0.3 is 0 Å². The molecule has 3 heteroatoms. The summed E-state index contributed by atoms with van der Waals surface area (Å²) < 4.78 is 6.57. The molecule has 112 valence electrons. The Morgan fingerprint density at radius 2 is 1.79 bits per heavy atom. The molecule has 0 heterocycles. The standard InChI is InChI=1S/C16H32O2Si/c1-9-12-10-11-13(16(5,6)14(12)17)18-19(7,8)15(2,3)4/h9,12-14,17H,1,10-11H2,2-8H3/t12-,13+,14+/m1/s1. The number of rotatable bonds is 3. The summed E-state index contributed by atoms with van der Waals surface area (Å²) in [5.74, 6) is 0.203. The Kier molecular flexibility index (Phi) is 4.76. The molecule has 0 unspecified atom stereocenters. The Bertz CT molecular complexity index is 328. The van der Waals surface area contributed by atoms with Gasteiger partial charge in [-0.1, -0.05) is 40.7 Å². The van der Waals surface area contributed by atoms with Crippen LogP contribution in [0.25, 0.3) is 0 Å². The molecule has 1 rings (SSSR count). The Morgan fingerprint density at radius 3 is 2.21 bits per heavy atom. The summed E-state index contributed by atoms with van der Waals surface area (Å²) >= 11 is 0. The van der Waals surface area contributed by atoms with E-state index in [-0.39, 0.29) is 28.6 Å². The van der Waals surface area contributed by atoms with Crippen molar-refractivity contribution in [2.24, 2.45) is 11.3 Å². The monoisotopic (exact) mass is 284 g/mol. The van der Waals surface area contributed by atoms with Crippen LogP contribution >= 0.6 is 0 Å². The van der Waals surface area contributed by atoms with Crippen LogP contribution in [0.15, 0.2) is 12.7 Å². The van der Waals surface area contributed by atoms with E-state index in [4.69, 9.17) is 4.43 Å². The second-order valence-corrected chi connectivity index (χ2v) is 12.9. The van der Waals surface area contributed by atoms with Crippen LogP contribution in [0.4, 0.5) is 0 Å². The van der Waals surface area contributed by atoms with E-state index < -0.39 is 8.32 Å². The zero-order valence-corrected chi connectivity index (χ0v) is 14.8. The lowest BCUT2D eigenvalue weighted by Crippen LogP contribution is -2.54. The van der Waals surface area contributed by atoms with Gasteiger partial charge in [-0.05, 0) is 31.0 Å². The Morgan fingerprint density at radius 1 is 1.26 bits per heavy atom. The molecule has 1 saturated carbocycles. The zero-order chi connectivity index (χ0) is 15.1. The van der Waals surface area contributed by atoms with Gasteiger partial charge in [-0.2, -0.15) is 0 Å². The van der Waals surface area contributed by atoms with Crippen molar-refractivity contribution in [2.45, 2.75) is 77.8 Å². The maximum atomic E-state index is 10.5. The Hall–Kier alpha value is -0.123. The van der Waals surface area contributed by atoms with Crippen LogP contribution in [0.3, 0.4) is 0 Å². The van der Waals surface area contributed by atoms with E-state index in [2.05, 4.69) is 54.3 Å². The number of aliphatic hydroxyl groups excluding tert-OH is 1. The Balaban J connectivity index is 2.89. The van der Waals surface area contributed by atoms with Crippen LogP contribution < -0.4 is 0 Å². The fourth-order valence-corrected chi connectivity index (χ4v) is 4.09. The van der Waals surface area contributed by atoms with E-state index in [1.54, 1.807) is 0 Å². The van der Waals surface area contributed by atoms with Crippen molar-refractivity contribution in [1.29, 1.82) is 0 Å². The predicted molar refractivity (Wildman–Crippen MR) is 84.8 cm³/mol. The summed E-state index contributed by atoms with van der Waals surface area (Å²) in [6.07, 6.45) is 3.70. The van der Waals surface area contributed by atoms with E-state index in [1.165, 1.54) is 0 Å². The summed E-state index contributed by atoms with van der Waals surface area (Å²) in [7, 11) is -1.78. The van der Waals surface area contributed by atoms with E-state index in [9.17, 15) is 5.11 Å². The van der Waals surface area contributed by atoms with E-state index in [1.807, 2.05) is 6.08 Å². The van der Waals surface area contributed by atoms with Gasteiger partial charge in [-0.25, -0.2) is 0 Å². The maximum Gasteiger partial charge on any atom is 0.192 e. The second-order valence-electron chi connectivity index (χ2n) is 8.11. The first-order valence-corrected chi connectivity index (χ1v) is 10.3. The molecule has 0 spiro atoms.